The number of anilines is 1. The van der Waals surface area contributed by atoms with E-state index in [9.17, 15) is 9.90 Å². The van der Waals surface area contributed by atoms with E-state index in [1.54, 1.807) is 18.2 Å². The number of hydrogen-bond acceptors (Lipinski definition) is 4. The summed E-state index contributed by atoms with van der Waals surface area (Å²) in [5.41, 5.74) is 7.79. The van der Waals surface area contributed by atoms with Gasteiger partial charge in [0.15, 0.2) is 5.75 Å². The number of nitrogen functional groups attached to an aromatic ring is 1. The van der Waals surface area contributed by atoms with Gasteiger partial charge in [-0.3, -0.25) is 4.98 Å². The minimum Gasteiger partial charge on any atom is -0.478 e. The lowest BCUT2D eigenvalue weighted by Crippen LogP contribution is -2.04. The fourth-order valence-electron chi connectivity index (χ4n) is 1.89. The Labute approximate surface area is 117 Å². The van der Waals surface area contributed by atoms with E-state index in [0.717, 1.165) is 11.4 Å². The number of hydrogen-bond donors (Lipinski definition) is 2. The number of aromatic nitrogens is 1. The summed E-state index contributed by atoms with van der Waals surface area (Å²) in [5, 5.41) is 9.19. The lowest BCUT2D eigenvalue weighted by Gasteiger charge is -2.13. The van der Waals surface area contributed by atoms with Crippen molar-refractivity contribution in [3.05, 3.63) is 47.3 Å². The first kappa shape index (κ1) is 13.9. The maximum atomic E-state index is 11.2. The highest BCUT2D eigenvalue weighted by Gasteiger charge is 2.16. The minimum atomic E-state index is -1.08. The van der Waals surface area contributed by atoms with Gasteiger partial charge in [-0.1, -0.05) is 13.0 Å². The quantitative estimate of drug-likeness (QED) is 0.835. The molecule has 1 aromatic carbocycles. The lowest BCUT2D eigenvalue weighted by atomic mass is 10.1. The highest BCUT2D eigenvalue weighted by Crippen LogP contribution is 2.32. The van der Waals surface area contributed by atoms with Gasteiger partial charge >= 0.3 is 5.97 Å². The molecule has 5 nitrogen and oxygen atoms in total. The van der Waals surface area contributed by atoms with Gasteiger partial charge in [-0.2, -0.15) is 0 Å². The number of carboxylic acids is 1. The molecule has 1 heterocycles. The van der Waals surface area contributed by atoms with Crippen LogP contribution in [0.25, 0.3) is 0 Å². The predicted octanol–water partition coefficient (Wildman–Crippen LogP) is 3.03. The Bertz CT molecular complexity index is 654. The van der Waals surface area contributed by atoms with Gasteiger partial charge in [0.1, 0.15) is 11.3 Å². The molecule has 104 valence electrons. The van der Waals surface area contributed by atoms with Gasteiger partial charge in [-0.15, -0.1) is 0 Å². The lowest BCUT2D eigenvalue weighted by molar-refractivity contribution is 0.0694. The summed E-state index contributed by atoms with van der Waals surface area (Å²) in [7, 11) is 0. The van der Waals surface area contributed by atoms with Crippen molar-refractivity contribution in [3.63, 3.8) is 0 Å². The molecule has 0 bridgehead atoms. The second-order valence-corrected chi connectivity index (χ2v) is 4.38. The summed E-state index contributed by atoms with van der Waals surface area (Å²) in [4.78, 5) is 15.6. The number of pyridine rings is 1. The van der Waals surface area contributed by atoms with Crippen molar-refractivity contribution < 1.29 is 14.6 Å². The molecule has 0 radical (unpaired) electrons. The first-order valence-electron chi connectivity index (χ1n) is 6.29. The van der Waals surface area contributed by atoms with Crippen LogP contribution in [0.15, 0.2) is 30.3 Å². The number of nitrogens with zero attached hydrogens (tertiary/aromatic N) is 1. The van der Waals surface area contributed by atoms with E-state index in [1.807, 2.05) is 19.9 Å². The average molecular weight is 272 g/mol. The van der Waals surface area contributed by atoms with Gasteiger partial charge in [-0.25, -0.2) is 4.79 Å². The first-order chi connectivity index (χ1) is 9.52. The minimum absolute atomic E-state index is 0.0348. The Kier molecular flexibility index (Phi) is 3.89. The van der Waals surface area contributed by atoms with Crippen LogP contribution >= 0.6 is 0 Å². The number of benzene rings is 1. The SMILES string of the molecule is CCc1nc(C)ccc1Oc1c(N)cccc1C(=O)O. The fraction of sp³-hybridized carbons (Fsp3) is 0.200. The van der Waals surface area contributed by atoms with Gasteiger partial charge in [0.25, 0.3) is 0 Å². The van der Waals surface area contributed by atoms with Crippen LogP contribution < -0.4 is 10.5 Å². The molecule has 3 N–H and O–H groups in total. The maximum absolute atomic E-state index is 11.2. The topological polar surface area (TPSA) is 85.4 Å². The Morgan fingerprint density at radius 3 is 2.75 bits per heavy atom. The second kappa shape index (κ2) is 5.61. The number of carbonyl (C=O) groups is 1. The molecule has 2 rings (SSSR count). The molecular weight excluding hydrogens is 256 g/mol. The normalized spacial score (nSPS) is 10.3. The Morgan fingerprint density at radius 2 is 2.10 bits per heavy atom. The monoisotopic (exact) mass is 272 g/mol. The van der Waals surface area contributed by atoms with Crippen molar-refractivity contribution in [1.29, 1.82) is 0 Å². The Balaban J connectivity index is 2.47. The van der Waals surface area contributed by atoms with Gasteiger partial charge < -0.3 is 15.6 Å². The van der Waals surface area contributed by atoms with Gasteiger partial charge in [0, 0.05) is 5.69 Å². The molecule has 0 spiro atoms. The van der Waals surface area contributed by atoms with Crippen molar-refractivity contribution in [2.24, 2.45) is 0 Å². The summed E-state index contributed by atoms with van der Waals surface area (Å²) >= 11 is 0. The maximum Gasteiger partial charge on any atom is 0.339 e. The molecule has 1 aromatic heterocycles. The van der Waals surface area contributed by atoms with Crippen molar-refractivity contribution in [1.82, 2.24) is 4.98 Å². The van der Waals surface area contributed by atoms with E-state index in [-0.39, 0.29) is 17.0 Å². The van der Waals surface area contributed by atoms with Gasteiger partial charge in [-0.05, 0) is 37.6 Å². The van der Waals surface area contributed by atoms with Crippen molar-refractivity contribution in [3.8, 4) is 11.5 Å². The van der Waals surface area contributed by atoms with E-state index < -0.39 is 5.97 Å². The molecule has 0 amide bonds. The summed E-state index contributed by atoms with van der Waals surface area (Å²) in [6.07, 6.45) is 0.687. The molecule has 2 aromatic rings. The highest BCUT2D eigenvalue weighted by molar-refractivity contribution is 5.93. The molecule has 0 fully saturated rings. The van der Waals surface area contributed by atoms with Crippen LogP contribution in [-0.2, 0) is 6.42 Å². The van der Waals surface area contributed by atoms with Crippen LogP contribution in [0.3, 0.4) is 0 Å². The third kappa shape index (κ3) is 2.71. The number of para-hydroxylation sites is 1. The molecule has 0 aliphatic carbocycles. The second-order valence-electron chi connectivity index (χ2n) is 4.38. The molecule has 0 unspecified atom stereocenters. The molecule has 0 saturated heterocycles. The van der Waals surface area contributed by atoms with E-state index in [2.05, 4.69) is 4.98 Å². The van der Waals surface area contributed by atoms with Crippen LogP contribution in [-0.4, -0.2) is 16.1 Å². The zero-order valence-corrected chi connectivity index (χ0v) is 11.4. The molecule has 5 heteroatoms. The predicted molar refractivity (Wildman–Crippen MR) is 76.2 cm³/mol. The van der Waals surface area contributed by atoms with Gasteiger partial charge in [0.05, 0.1) is 11.4 Å². The third-order valence-electron chi connectivity index (χ3n) is 2.89. The van der Waals surface area contributed by atoms with E-state index in [0.29, 0.717) is 12.2 Å². The van der Waals surface area contributed by atoms with E-state index in [1.165, 1.54) is 6.07 Å². The summed E-state index contributed by atoms with van der Waals surface area (Å²) in [5.74, 6) is -0.399. The number of aromatic carboxylic acids is 1. The van der Waals surface area contributed by atoms with Crippen LogP contribution in [0.5, 0.6) is 11.5 Å². The zero-order valence-electron chi connectivity index (χ0n) is 11.4. The van der Waals surface area contributed by atoms with Crippen LogP contribution in [0.2, 0.25) is 0 Å². The Morgan fingerprint density at radius 1 is 1.35 bits per heavy atom. The van der Waals surface area contributed by atoms with E-state index >= 15 is 0 Å². The smallest absolute Gasteiger partial charge is 0.339 e. The molecule has 0 aliphatic heterocycles. The summed E-state index contributed by atoms with van der Waals surface area (Å²) in [6.45, 7) is 3.85. The summed E-state index contributed by atoms with van der Waals surface area (Å²) in [6, 6.07) is 8.24. The average Bonchev–Trinajstić information content (AvgIpc) is 2.42. The molecule has 0 aliphatic rings. The van der Waals surface area contributed by atoms with Gasteiger partial charge in [0.2, 0.25) is 0 Å². The number of ether oxygens (including phenoxy) is 1. The van der Waals surface area contributed by atoms with Crippen LogP contribution in [0, 0.1) is 6.92 Å². The van der Waals surface area contributed by atoms with Crippen molar-refractivity contribution in [2.45, 2.75) is 20.3 Å². The molecule has 20 heavy (non-hydrogen) atoms. The molecule has 0 saturated carbocycles. The molecule has 0 atom stereocenters. The van der Waals surface area contributed by atoms with Crippen molar-refractivity contribution in [2.75, 3.05) is 5.73 Å². The number of aryl methyl sites for hydroxylation is 2. The fourth-order valence-corrected chi connectivity index (χ4v) is 1.89. The van der Waals surface area contributed by atoms with Crippen LogP contribution in [0.1, 0.15) is 28.7 Å². The first-order valence-corrected chi connectivity index (χ1v) is 6.29. The molecular formula is C15H16N2O3. The van der Waals surface area contributed by atoms with Crippen LogP contribution in [0.4, 0.5) is 5.69 Å². The Hall–Kier alpha value is -2.56. The summed E-state index contributed by atoms with van der Waals surface area (Å²) < 4.78 is 5.71. The number of rotatable bonds is 4. The number of carboxylic acid groups (broad SMARTS) is 1. The largest absolute Gasteiger partial charge is 0.478 e. The number of nitrogens with two attached hydrogens (primary N) is 1. The highest BCUT2D eigenvalue weighted by atomic mass is 16.5. The van der Waals surface area contributed by atoms with Crippen molar-refractivity contribution >= 4 is 11.7 Å². The zero-order chi connectivity index (χ0) is 14.7. The van der Waals surface area contributed by atoms with E-state index in [4.69, 9.17) is 10.5 Å². The third-order valence-corrected chi connectivity index (χ3v) is 2.89. The standard InChI is InChI=1S/C15H16N2O3/c1-3-12-13(8-7-9(2)17-12)20-14-10(15(18)19)5-4-6-11(14)16/h4-8H,3,16H2,1-2H3,(H,18,19).